The molecule has 0 aromatic rings. The maximum atomic E-state index is 2.49. The summed E-state index contributed by atoms with van der Waals surface area (Å²) in [7, 11) is 0. The summed E-state index contributed by atoms with van der Waals surface area (Å²) in [6.45, 7) is 6.95. The highest BCUT2D eigenvalue weighted by Gasteiger charge is 2.09. The van der Waals surface area contributed by atoms with Crippen molar-refractivity contribution in [1.29, 1.82) is 0 Å². The van der Waals surface area contributed by atoms with E-state index in [1.165, 1.54) is 283 Å². The second kappa shape index (κ2) is 46.8. The molecule has 0 amide bonds. The third-order valence-electron chi connectivity index (χ3n) is 11.8. The average molecular weight is 701 g/mol. The molecule has 0 radical (unpaired) electrons. The van der Waals surface area contributed by atoms with Crippen molar-refractivity contribution in [3.8, 4) is 0 Å². The quantitative estimate of drug-likeness (QED) is 0.0438. The van der Waals surface area contributed by atoms with E-state index in [4.69, 9.17) is 0 Å². The van der Waals surface area contributed by atoms with Gasteiger partial charge in [-0.1, -0.05) is 290 Å². The number of unbranched alkanes of at least 4 members (excludes halogenated alkanes) is 37. The summed E-state index contributed by atoms with van der Waals surface area (Å²) in [6.07, 6.45) is 69.4. The van der Waals surface area contributed by atoms with Gasteiger partial charge in [0, 0.05) is 0 Å². The summed E-state index contributed by atoms with van der Waals surface area (Å²) in [5.41, 5.74) is 0. The molecule has 0 aromatic heterocycles. The molecule has 0 saturated carbocycles. The zero-order chi connectivity index (χ0) is 36.1. The van der Waals surface area contributed by atoms with Gasteiger partial charge in [-0.2, -0.15) is 0 Å². The fraction of sp³-hybridized carbons (Fsp3) is 0.960. The van der Waals surface area contributed by atoms with Crippen molar-refractivity contribution in [2.75, 3.05) is 0 Å². The van der Waals surface area contributed by atoms with Gasteiger partial charge in [0.05, 0.1) is 0 Å². The van der Waals surface area contributed by atoms with Gasteiger partial charge in [0.2, 0.25) is 0 Å². The highest BCUT2D eigenvalue weighted by molar-refractivity contribution is 4.81. The van der Waals surface area contributed by atoms with Crippen molar-refractivity contribution >= 4 is 0 Å². The van der Waals surface area contributed by atoms with Crippen LogP contribution in [0.1, 0.15) is 303 Å². The van der Waals surface area contributed by atoms with Gasteiger partial charge in [0.15, 0.2) is 0 Å². The molecule has 0 aliphatic carbocycles. The van der Waals surface area contributed by atoms with Gasteiger partial charge in [0.25, 0.3) is 0 Å². The van der Waals surface area contributed by atoms with E-state index in [2.05, 4.69) is 32.9 Å². The van der Waals surface area contributed by atoms with Crippen LogP contribution in [0.25, 0.3) is 0 Å². The topological polar surface area (TPSA) is 0 Å². The maximum absolute atomic E-state index is 2.49. The van der Waals surface area contributed by atoms with Crippen LogP contribution >= 0.6 is 0 Å². The Hall–Kier alpha value is -0.260. The zero-order valence-corrected chi connectivity index (χ0v) is 35.8. The first-order valence-corrected chi connectivity index (χ1v) is 24.5. The molecule has 0 spiro atoms. The normalized spacial score (nSPS) is 12.5. The Morgan fingerprint density at radius 3 is 0.620 bits per heavy atom. The average Bonchev–Trinajstić information content (AvgIpc) is 3.13. The Balaban J connectivity index is 3.97. The number of hydrogen-bond donors (Lipinski definition) is 0. The van der Waals surface area contributed by atoms with Gasteiger partial charge in [-0.3, -0.25) is 0 Å². The van der Waals surface area contributed by atoms with Crippen LogP contribution in [0.4, 0.5) is 0 Å². The SMILES string of the molecule is CCCCCCCC/C=C\CCCCCCC(CCCCCCCCCCCCCCCC)CCCCCCCCCCCCCCCCC. The van der Waals surface area contributed by atoms with E-state index >= 15 is 0 Å². The minimum atomic E-state index is 1.02. The molecule has 0 bridgehead atoms. The molecule has 1 unspecified atom stereocenters. The first kappa shape index (κ1) is 49.7. The highest BCUT2D eigenvalue weighted by Crippen LogP contribution is 2.25. The van der Waals surface area contributed by atoms with Gasteiger partial charge in [-0.05, 0) is 31.6 Å². The number of allylic oxidation sites excluding steroid dienone is 2. The molecule has 0 nitrogen and oxygen atoms in total. The molecule has 300 valence electrons. The molecule has 0 fully saturated rings. The van der Waals surface area contributed by atoms with Crippen molar-refractivity contribution in [2.24, 2.45) is 5.92 Å². The lowest BCUT2D eigenvalue weighted by molar-refractivity contribution is 0.365. The molecule has 0 aliphatic rings. The summed E-state index contributed by atoms with van der Waals surface area (Å²) < 4.78 is 0. The Labute approximate surface area is 320 Å². The zero-order valence-electron chi connectivity index (χ0n) is 35.8. The minimum Gasteiger partial charge on any atom is -0.0885 e. The molecule has 50 heavy (non-hydrogen) atoms. The summed E-state index contributed by atoms with van der Waals surface area (Å²) in [4.78, 5) is 0. The van der Waals surface area contributed by atoms with Crippen LogP contribution in [0.3, 0.4) is 0 Å². The molecule has 1 atom stereocenters. The lowest BCUT2D eigenvalue weighted by atomic mass is 9.89. The number of hydrogen-bond acceptors (Lipinski definition) is 0. The van der Waals surface area contributed by atoms with Crippen LogP contribution in [-0.4, -0.2) is 0 Å². The standard InChI is InChI=1S/C50H100/c1-4-7-10-13-16-19-22-25-28-31-34-37-40-43-46-49-50(47-44-41-38-35-32-29-26-23-20-17-14-11-8-5-2)48-45-42-39-36-33-30-27-24-21-18-15-12-9-6-3/h26,29,50H,4-25,27-28,30-49H2,1-3H3/b29-26-. The fourth-order valence-electron chi connectivity index (χ4n) is 8.19. The lowest BCUT2D eigenvalue weighted by Gasteiger charge is -2.17. The summed E-state index contributed by atoms with van der Waals surface area (Å²) in [6, 6.07) is 0. The summed E-state index contributed by atoms with van der Waals surface area (Å²) >= 11 is 0. The van der Waals surface area contributed by atoms with Crippen molar-refractivity contribution < 1.29 is 0 Å². The molecule has 0 saturated heterocycles. The van der Waals surface area contributed by atoms with E-state index in [0.717, 1.165) is 5.92 Å². The van der Waals surface area contributed by atoms with Crippen molar-refractivity contribution in [3.05, 3.63) is 12.2 Å². The molecule has 0 rings (SSSR count). The molecule has 0 aromatic carbocycles. The number of rotatable bonds is 45. The minimum absolute atomic E-state index is 1.02. The van der Waals surface area contributed by atoms with Crippen LogP contribution in [0.5, 0.6) is 0 Å². The van der Waals surface area contributed by atoms with E-state index in [0.29, 0.717) is 0 Å². The van der Waals surface area contributed by atoms with Crippen LogP contribution in [0.2, 0.25) is 0 Å². The molecule has 0 heterocycles. The molecular weight excluding hydrogens is 601 g/mol. The largest absolute Gasteiger partial charge is 0.0885 e. The van der Waals surface area contributed by atoms with E-state index in [9.17, 15) is 0 Å². The van der Waals surface area contributed by atoms with Crippen LogP contribution in [0.15, 0.2) is 12.2 Å². The molecule has 0 aliphatic heterocycles. The lowest BCUT2D eigenvalue weighted by Crippen LogP contribution is -2.01. The highest BCUT2D eigenvalue weighted by atomic mass is 14.1. The van der Waals surface area contributed by atoms with Gasteiger partial charge in [0.1, 0.15) is 0 Å². The first-order valence-electron chi connectivity index (χ1n) is 24.5. The van der Waals surface area contributed by atoms with E-state index in [1.807, 2.05) is 0 Å². The Bertz CT molecular complexity index is 589. The summed E-state index contributed by atoms with van der Waals surface area (Å²) in [5.74, 6) is 1.02. The van der Waals surface area contributed by atoms with Crippen molar-refractivity contribution in [2.45, 2.75) is 303 Å². The third kappa shape index (κ3) is 43.9. The molecular formula is C50H100. The smallest absolute Gasteiger partial charge is 0.0351 e. The monoisotopic (exact) mass is 701 g/mol. The van der Waals surface area contributed by atoms with Crippen molar-refractivity contribution in [3.63, 3.8) is 0 Å². The van der Waals surface area contributed by atoms with E-state index in [-0.39, 0.29) is 0 Å². The Kier molecular flexibility index (Phi) is 46.5. The predicted octanol–water partition coefficient (Wildman–Crippen LogP) is 19.4. The molecule has 0 heteroatoms. The fourth-order valence-corrected chi connectivity index (χ4v) is 8.19. The van der Waals surface area contributed by atoms with Gasteiger partial charge in [-0.25, -0.2) is 0 Å². The van der Waals surface area contributed by atoms with Crippen LogP contribution in [0, 0.1) is 5.92 Å². The van der Waals surface area contributed by atoms with E-state index < -0.39 is 0 Å². The van der Waals surface area contributed by atoms with Crippen LogP contribution in [-0.2, 0) is 0 Å². The molecule has 0 N–H and O–H groups in total. The van der Waals surface area contributed by atoms with Gasteiger partial charge < -0.3 is 0 Å². The Morgan fingerprint density at radius 1 is 0.220 bits per heavy atom. The van der Waals surface area contributed by atoms with Crippen LogP contribution < -0.4 is 0 Å². The summed E-state index contributed by atoms with van der Waals surface area (Å²) in [5, 5.41) is 0. The van der Waals surface area contributed by atoms with E-state index in [1.54, 1.807) is 0 Å². The maximum Gasteiger partial charge on any atom is -0.0351 e. The van der Waals surface area contributed by atoms with Crippen molar-refractivity contribution in [1.82, 2.24) is 0 Å². The van der Waals surface area contributed by atoms with Gasteiger partial charge in [-0.15, -0.1) is 0 Å². The predicted molar refractivity (Wildman–Crippen MR) is 233 cm³/mol. The third-order valence-corrected chi connectivity index (χ3v) is 11.8. The Morgan fingerprint density at radius 2 is 0.400 bits per heavy atom. The second-order valence-electron chi connectivity index (χ2n) is 17.0. The van der Waals surface area contributed by atoms with Gasteiger partial charge >= 0.3 is 0 Å². The second-order valence-corrected chi connectivity index (χ2v) is 17.0. The first-order chi connectivity index (χ1) is 24.8.